The topological polar surface area (TPSA) is 76.7 Å². The molecule has 1 aliphatic carbocycles. The minimum absolute atomic E-state index is 0.0857. The van der Waals surface area contributed by atoms with Gasteiger partial charge in [0.2, 0.25) is 5.91 Å². The van der Waals surface area contributed by atoms with Crippen LogP contribution in [0.3, 0.4) is 0 Å². The van der Waals surface area contributed by atoms with Gasteiger partial charge in [-0.3, -0.25) is 9.59 Å². The Morgan fingerprint density at radius 3 is 2.31 bits per heavy atom. The highest BCUT2D eigenvalue weighted by molar-refractivity contribution is 5.95. The van der Waals surface area contributed by atoms with Gasteiger partial charge in [-0.15, -0.1) is 0 Å². The standard InChI is InChI=1S/C23H28N2O4/c1-15-20(28-2)12-18(13-21(15)29-3)22(26)24-14-16-7-6-10-19(11-16)25-23(27)17-8-4-5-9-17/h6-7,10-13,17H,4-5,8-9,14H2,1-3H3,(H,24,26)(H,25,27). The van der Waals surface area contributed by atoms with Crippen molar-refractivity contribution in [3.63, 3.8) is 0 Å². The summed E-state index contributed by atoms with van der Waals surface area (Å²) < 4.78 is 10.7. The number of benzene rings is 2. The number of methoxy groups -OCH3 is 2. The monoisotopic (exact) mass is 396 g/mol. The van der Waals surface area contributed by atoms with E-state index in [0.717, 1.165) is 42.5 Å². The highest BCUT2D eigenvalue weighted by Crippen LogP contribution is 2.29. The molecule has 0 heterocycles. The van der Waals surface area contributed by atoms with Gasteiger partial charge >= 0.3 is 0 Å². The van der Waals surface area contributed by atoms with Crippen molar-refractivity contribution < 1.29 is 19.1 Å². The van der Waals surface area contributed by atoms with Gasteiger partial charge in [0, 0.05) is 29.3 Å². The number of hydrogen-bond acceptors (Lipinski definition) is 4. The third-order valence-corrected chi connectivity index (χ3v) is 5.39. The normalized spacial score (nSPS) is 13.8. The highest BCUT2D eigenvalue weighted by Gasteiger charge is 2.22. The van der Waals surface area contributed by atoms with Crippen LogP contribution in [-0.2, 0) is 11.3 Å². The number of nitrogens with one attached hydrogen (secondary N) is 2. The average molecular weight is 396 g/mol. The Kier molecular flexibility index (Phi) is 6.75. The Morgan fingerprint density at radius 1 is 1.03 bits per heavy atom. The molecule has 3 rings (SSSR count). The fraction of sp³-hybridized carbons (Fsp3) is 0.391. The number of hydrogen-bond donors (Lipinski definition) is 2. The van der Waals surface area contributed by atoms with Crippen LogP contribution in [-0.4, -0.2) is 26.0 Å². The molecule has 1 aliphatic rings. The molecular weight excluding hydrogens is 368 g/mol. The first-order chi connectivity index (χ1) is 14.0. The second-order valence-electron chi connectivity index (χ2n) is 7.36. The lowest BCUT2D eigenvalue weighted by molar-refractivity contribution is -0.119. The summed E-state index contributed by atoms with van der Waals surface area (Å²) in [4.78, 5) is 24.9. The molecule has 0 spiro atoms. The van der Waals surface area contributed by atoms with Gasteiger partial charge in [-0.25, -0.2) is 0 Å². The first kappa shape index (κ1) is 20.7. The summed E-state index contributed by atoms with van der Waals surface area (Å²) in [6.07, 6.45) is 4.17. The Hall–Kier alpha value is -3.02. The van der Waals surface area contributed by atoms with Crippen LogP contribution in [0.1, 0.15) is 47.2 Å². The zero-order valence-electron chi connectivity index (χ0n) is 17.2. The van der Waals surface area contributed by atoms with Gasteiger partial charge in [-0.2, -0.15) is 0 Å². The van der Waals surface area contributed by atoms with Crippen molar-refractivity contribution in [2.75, 3.05) is 19.5 Å². The lowest BCUT2D eigenvalue weighted by atomic mass is 10.1. The van der Waals surface area contributed by atoms with Gasteiger partial charge in [0.15, 0.2) is 0 Å². The van der Waals surface area contributed by atoms with Crippen LogP contribution in [0.4, 0.5) is 5.69 Å². The molecule has 2 N–H and O–H groups in total. The Bertz CT molecular complexity index is 863. The molecule has 0 aliphatic heterocycles. The zero-order valence-corrected chi connectivity index (χ0v) is 17.2. The summed E-state index contributed by atoms with van der Waals surface area (Å²) in [7, 11) is 3.13. The average Bonchev–Trinajstić information content (AvgIpc) is 3.27. The number of rotatable bonds is 7. The van der Waals surface area contributed by atoms with Crippen LogP contribution < -0.4 is 20.1 Å². The molecular formula is C23H28N2O4. The van der Waals surface area contributed by atoms with E-state index in [-0.39, 0.29) is 17.7 Å². The maximum Gasteiger partial charge on any atom is 0.251 e. The van der Waals surface area contributed by atoms with Crippen molar-refractivity contribution in [3.05, 3.63) is 53.1 Å². The Balaban J connectivity index is 1.64. The third kappa shape index (κ3) is 5.08. The van der Waals surface area contributed by atoms with Crippen molar-refractivity contribution >= 4 is 17.5 Å². The third-order valence-electron chi connectivity index (χ3n) is 5.39. The molecule has 0 bridgehead atoms. The van der Waals surface area contributed by atoms with Crippen LogP contribution in [0, 0.1) is 12.8 Å². The minimum Gasteiger partial charge on any atom is -0.496 e. The molecule has 29 heavy (non-hydrogen) atoms. The molecule has 1 fully saturated rings. The van der Waals surface area contributed by atoms with Crippen molar-refractivity contribution in [2.45, 2.75) is 39.2 Å². The first-order valence-corrected chi connectivity index (χ1v) is 9.92. The van der Waals surface area contributed by atoms with Gasteiger partial charge in [0.05, 0.1) is 14.2 Å². The maximum atomic E-state index is 12.6. The second-order valence-corrected chi connectivity index (χ2v) is 7.36. The van der Waals surface area contributed by atoms with E-state index in [1.807, 2.05) is 31.2 Å². The van der Waals surface area contributed by atoms with Gasteiger partial charge in [0.1, 0.15) is 11.5 Å². The largest absolute Gasteiger partial charge is 0.496 e. The molecule has 1 saturated carbocycles. The zero-order chi connectivity index (χ0) is 20.8. The maximum absolute atomic E-state index is 12.6. The number of ether oxygens (including phenoxy) is 2. The van der Waals surface area contributed by atoms with Crippen molar-refractivity contribution in [3.8, 4) is 11.5 Å². The predicted molar refractivity (Wildman–Crippen MR) is 112 cm³/mol. The van der Waals surface area contributed by atoms with Crippen LogP contribution in [0.25, 0.3) is 0 Å². The van der Waals surface area contributed by atoms with E-state index >= 15 is 0 Å². The summed E-state index contributed by atoms with van der Waals surface area (Å²) in [6, 6.07) is 11.0. The molecule has 6 heteroatoms. The quantitative estimate of drug-likeness (QED) is 0.740. The number of amides is 2. The molecule has 0 atom stereocenters. The van der Waals surface area contributed by atoms with Gasteiger partial charge in [-0.05, 0) is 49.6 Å². The lowest BCUT2D eigenvalue weighted by Crippen LogP contribution is -2.23. The summed E-state index contributed by atoms with van der Waals surface area (Å²) in [6.45, 7) is 2.23. The highest BCUT2D eigenvalue weighted by atomic mass is 16.5. The molecule has 2 aromatic carbocycles. The Morgan fingerprint density at radius 2 is 1.69 bits per heavy atom. The van der Waals surface area contributed by atoms with Crippen molar-refractivity contribution in [1.29, 1.82) is 0 Å². The molecule has 2 amide bonds. The summed E-state index contributed by atoms with van der Waals surface area (Å²) in [5, 5.41) is 5.91. The van der Waals surface area contributed by atoms with Crippen LogP contribution in [0.5, 0.6) is 11.5 Å². The van der Waals surface area contributed by atoms with Gasteiger partial charge in [0.25, 0.3) is 5.91 Å². The van der Waals surface area contributed by atoms with E-state index in [1.165, 1.54) is 0 Å². The van der Waals surface area contributed by atoms with E-state index in [4.69, 9.17) is 9.47 Å². The molecule has 2 aromatic rings. The molecule has 0 saturated heterocycles. The van der Waals surface area contributed by atoms with E-state index in [1.54, 1.807) is 26.4 Å². The molecule has 0 unspecified atom stereocenters. The van der Waals surface area contributed by atoms with Crippen molar-refractivity contribution in [2.24, 2.45) is 5.92 Å². The molecule has 0 radical (unpaired) electrons. The lowest BCUT2D eigenvalue weighted by Gasteiger charge is -2.13. The Labute approximate surface area is 171 Å². The van der Waals surface area contributed by atoms with Gasteiger partial charge in [-0.1, -0.05) is 25.0 Å². The van der Waals surface area contributed by atoms with Crippen LogP contribution >= 0.6 is 0 Å². The minimum atomic E-state index is -0.220. The smallest absolute Gasteiger partial charge is 0.251 e. The SMILES string of the molecule is COc1cc(C(=O)NCc2cccc(NC(=O)C3CCCC3)c2)cc(OC)c1C. The van der Waals surface area contributed by atoms with E-state index in [2.05, 4.69) is 10.6 Å². The summed E-state index contributed by atoms with van der Waals surface area (Å²) in [5.74, 6) is 1.19. The van der Waals surface area contributed by atoms with E-state index in [9.17, 15) is 9.59 Å². The fourth-order valence-electron chi connectivity index (χ4n) is 3.69. The molecule has 154 valence electrons. The summed E-state index contributed by atoms with van der Waals surface area (Å²) >= 11 is 0. The van der Waals surface area contributed by atoms with Crippen LogP contribution in [0.15, 0.2) is 36.4 Å². The van der Waals surface area contributed by atoms with E-state index in [0.29, 0.717) is 23.6 Å². The number of carbonyl (C=O) groups is 2. The first-order valence-electron chi connectivity index (χ1n) is 9.92. The fourth-order valence-corrected chi connectivity index (χ4v) is 3.69. The van der Waals surface area contributed by atoms with Crippen LogP contribution in [0.2, 0.25) is 0 Å². The summed E-state index contributed by atoms with van der Waals surface area (Å²) in [5.41, 5.74) is 2.98. The second kappa shape index (κ2) is 9.45. The number of anilines is 1. The number of carbonyl (C=O) groups excluding carboxylic acids is 2. The van der Waals surface area contributed by atoms with Gasteiger partial charge < -0.3 is 20.1 Å². The molecule has 0 aromatic heterocycles. The molecule has 6 nitrogen and oxygen atoms in total. The van der Waals surface area contributed by atoms with E-state index < -0.39 is 0 Å². The predicted octanol–water partition coefficient (Wildman–Crippen LogP) is 4.07. The van der Waals surface area contributed by atoms with Crippen molar-refractivity contribution in [1.82, 2.24) is 5.32 Å².